The molecule has 1 heterocycles. The number of allylic oxidation sites excluding steroid dienone is 2. The Morgan fingerprint density at radius 3 is 2.93 bits per heavy atom. The minimum Gasteiger partial charge on any atom is -0.315 e. The van der Waals surface area contributed by atoms with E-state index in [4.69, 9.17) is 16.9 Å². The van der Waals surface area contributed by atoms with Crippen LogP contribution < -0.4 is 0 Å². The first-order chi connectivity index (χ1) is 7.26. The second-order valence-corrected chi connectivity index (χ2v) is 4.43. The lowest BCUT2D eigenvalue weighted by atomic mass is 10.1. The number of alkyl halides is 1. The average Bonchev–Trinajstić information content (AvgIpc) is 2.82. The number of carbonyl (C=O) groups excluding carboxylic acids is 1. The van der Waals surface area contributed by atoms with Crippen LogP contribution in [-0.2, 0) is 4.79 Å². The van der Waals surface area contributed by atoms with Crippen LogP contribution in [0.3, 0.4) is 0 Å². The summed E-state index contributed by atoms with van der Waals surface area (Å²) in [5.41, 5.74) is 1.74. The van der Waals surface area contributed by atoms with E-state index < -0.39 is 0 Å². The van der Waals surface area contributed by atoms with Gasteiger partial charge in [-0.3, -0.25) is 4.79 Å². The van der Waals surface area contributed by atoms with Crippen LogP contribution in [0.2, 0.25) is 0 Å². The van der Waals surface area contributed by atoms with E-state index in [0.717, 1.165) is 30.5 Å². The minimum atomic E-state index is 0.130. The lowest BCUT2D eigenvalue weighted by Gasteiger charge is -2.18. The fourth-order valence-corrected chi connectivity index (χ4v) is 2.50. The molecule has 1 aliphatic carbocycles. The third-order valence-electron chi connectivity index (χ3n) is 3.07. The standard InChI is InChI=1S/C11H13ClN2O/c12-5-8-4-11(15)14(7-8)10-3-1-2-9(10)6-13/h8H,1-5,7H2. The molecular formula is C11H13ClN2O. The first-order valence-corrected chi connectivity index (χ1v) is 5.78. The van der Waals surface area contributed by atoms with Gasteiger partial charge in [0.25, 0.3) is 0 Å². The first kappa shape index (κ1) is 10.5. The molecule has 0 N–H and O–H groups in total. The second-order valence-electron chi connectivity index (χ2n) is 4.12. The monoisotopic (exact) mass is 224 g/mol. The molecule has 1 aliphatic heterocycles. The molecule has 80 valence electrons. The summed E-state index contributed by atoms with van der Waals surface area (Å²) in [5.74, 6) is 0.912. The summed E-state index contributed by atoms with van der Waals surface area (Å²) in [5, 5.41) is 8.93. The first-order valence-electron chi connectivity index (χ1n) is 5.24. The molecule has 3 nitrogen and oxygen atoms in total. The largest absolute Gasteiger partial charge is 0.315 e. The van der Waals surface area contributed by atoms with Crippen molar-refractivity contribution in [3.63, 3.8) is 0 Å². The van der Waals surface area contributed by atoms with Crippen molar-refractivity contribution >= 4 is 17.5 Å². The highest BCUT2D eigenvalue weighted by Gasteiger charge is 2.33. The summed E-state index contributed by atoms with van der Waals surface area (Å²) in [6.07, 6.45) is 3.21. The highest BCUT2D eigenvalue weighted by Crippen LogP contribution is 2.32. The van der Waals surface area contributed by atoms with Gasteiger partial charge >= 0.3 is 0 Å². The Morgan fingerprint density at radius 1 is 1.53 bits per heavy atom. The Kier molecular flexibility index (Phi) is 2.97. The number of amides is 1. The van der Waals surface area contributed by atoms with Crippen LogP contribution in [0.15, 0.2) is 11.3 Å². The molecule has 1 saturated heterocycles. The number of nitrogens with zero attached hydrogens (tertiary/aromatic N) is 2. The van der Waals surface area contributed by atoms with Crippen LogP contribution in [0.5, 0.6) is 0 Å². The maximum atomic E-state index is 11.7. The molecule has 0 spiro atoms. The predicted molar refractivity (Wildman–Crippen MR) is 57.0 cm³/mol. The molecule has 1 fully saturated rings. The fraction of sp³-hybridized carbons (Fsp3) is 0.636. The number of nitriles is 1. The lowest BCUT2D eigenvalue weighted by molar-refractivity contribution is -0.126. The van der Waals surface area contributed by atoms with E-state index >= 15 is 0 Å². The van der Waals surface area contributed by atoms with Gasteiger partial charge in [-0.2, -0.15) is 5.26 Å². The molecule has 1 amide bonds. The van der Waals surface area contributed by atoms with Gasteiger partial charge in [0.05, 0.1) is 6.07 Å². The van der Waals surface area contributed by atoms with E-state index in [1.165, 1.54) is 0 Å². The van der Waals surface area contributed by atoms with Gasteiger partial charge in [-0.05, 0) is 25.2 Å². The summed E-state index contributed by atoms with van der Waals surface area (Å²) < 4.78 is 0. The van der Waals surface area contributed by atoms with Crippen molar-refractivity contribution in [2.45, 2.75) is 25.7 Å². The minimum absolute atomic E-state index is 0.130. The zero-order chi connectivity index (χ0) is 10.8. The Labute approximate surface area is 94.3 Å². The highest BCUT2D eigenvalue weighted by atomic mass is 35.5. The highest BCUT2D eigenvalue weighted by molar-refractivity contribution is 6.18. The van der Waals surface area contributed by atoms with E-state index in [9.17, 15) is 4.79 Å². The molecule has 2 aliphatic rings. The maximum absolute atomic E-state index is 11.7. The van der Waals surface area contributed by atoms with Gasteiger partial charge in [-0.15, -0.1) is 11.6 Å². The van der Waals surface area contributed by atoms with Gasteiger partial charge in [0.2, 0.25) is 5.91 Å². The molecule has 0 aromatic rings. The second kappa shape index (κ2) is 4.24. The molecule has 15 heavy (non-hydrogen) atoms. The van der Waals surface area contributed by atoms with Crippen LogP contribution in [0, 0.1) is 17.2 Å². The SMILES string of the molecule is N#CC1=C(N2CC(CCl)CC2=O)CCC1. The normalized spacial score (nSPS) is 26.3. The van der Waals surface area contributed by atoms with Gasteiger partial charge in [0.15, 0.2) is 0 Å². The van der Waals surface area contributed by atoms with E-state index in [1.54, 1.807) is 4.90 Å². The van der Waals surface area contributed by atoms with Gasteiger partial charge in [-0.25, -0.2) is 0 Å². The smallest absolute Gasteiger partial charge is 0.227 e. The van der Waals surface area contributed by atoms with Gasteiger partial charge in [0.1, 0.15) is 0 Å². The van der Waals surface area contributed by atoms with Crippen molar-refractivity contribution < 1.29 is 4.79 Å². The lowest BCUT2D eigenvalue weighted by Crippen LogP contribution is -2.24. The number of rotatable bonds is 2. The molecule has 1 atom stereocenters. The molecule has 4 heteroatoms. The van der Waals surface area contributed by atoms with Crippen molar-refractivity contribution in [1.29, 1.82) is 5.26 Å². The zero-order valence-corrected chi connectivity index (χ0v) is 9.26. The third-order valence-corrected chi connectivity index (χ3v) is 3.51. The fourth-order valence-electron chi connectivity index (χ4n) is 2.29. The number of likely N-dealkylation sites (tertiary alicyclic amines) is 1. The Bertz CT molecular complexity index is 356. The summed E-state index contributed by atoms with van der Waals surface area (Å²) in [4.78, 5) is 13.5. The summed E-state index contributed by atoms with van der Waals surface area (Å²) in [7, 11) is 0. The molecule has 0 aromatic carbocycles. The van der Waals surface area contributed by atoms with Crippen LogP contribution >= 0.6 is 11.6 Å². The molecular weight excluding hydrogens is 212 g/mol. The van der Waals surface area contributed by atoms with Crippen LogP contribution in [0.4, 0.5) is 0 Å². The Morgan fingerprint density at radius 2 is 2.33 bits per heavy atom. The van der Waals surface area contributed by atoms with E-state index in [2.05, 4.69) is 6.07 Å². The van der Waals surface area contributed by atoms with Crippen molar-refractivity contribution in [2.24, 2.45) is 5.92 Å². The van der Waals surface area contributed by atoms with Crippen molar-refractivity contribution in [2.75, 3.05) is 12.4 Å². The summed E-state index contributed by atoms with van der Waals surface area (Å²) in [6.45, 7) is 0.697. The number of halogens is 1. The summed E-state index contributed by atoms with van der Waals surface area (Å²) >= 11 is 5.76. The molecule has 0 radical (unpaired) electrons. The maximum Gasteiger partial charge on any atom is 0.227 e. The topological polar surface area (TPSA) is 44.1 Å². The van der Waals surface area contributed by atoms with Crippen molar-refractivity contribution in [3.05, 3.63) is 11.3 Å². The molecule has 1 unspecified atom stereocenters. The van der Waals surface area contributed by atoms with Gasteiger partial charge < -0.3 is 4.90 Å². The van der Waals surface area contributed by atoms with Crippen molar-refractivity contribution in [3.8, 4) is 6.07 Å². The quantitative estimate of drug-likeness (QED) is 0.674. The zero-order valence-electron chi connectivity index (χ0n) is 8.50. The van der Waals surface area contributed by atoms with Crippen LogP contribution in [0.25, 0.3) is 0 Å². The third kappa shape index (κ3) is 1.87. The Balaban J connectivity index is 2.18. The van der Waals surface area contributed by atoms with Crippen LogP contribution in [-0.4, -0.2) is 23.2 Å². The predicted octanol–water partition coefficient (Wildman–Crippen LogP) is 2.04. The summed E-state index contributed by atoms with van der Waals surface area (Å²) in [6, 6.07) is 2.20. The van der Waals surface area contributed by atoms with E-state index in [1.807, 2.05) is 0 Å². The van der Waals surface area contributed by atoms with Gasteiger partial charge in [-0.1, -0.05) is 0 Å². The number of hydrogen-bond acceptors (Lipinski definition) is 2. The molecule has 0 saturated carbocycles. The molecule has 2 rings (SSSR count). The molecule has 0 aromatic heterocycles. The number of carbonyl (C=O) groups is 1. The van der Waals surface area contributed by atoms with Crippen molar-refractivity contribution in [1.82, 2.24) is 4.90 Å². The van der Waals surface area contributed by atoms with E-state index in [-0.39, 0.29) is 11.8 Å². The average molecular weight is 225 g/mol. The Hall–Kier alpha value is -1.01. The number of hydrogen-bond donors (Lipinski definition) is 0. The van der Waals surface area contributed by atoms with E-state index in [0.29, 0.717) is 18.8 Å². The molecule has 0 bridgehead atoms. The van der Waals surface area contributed by atoms with Crippen LogP contribution in [0.1, 0.15) is 25.7 Å². The van der Waals surface area contributed by atoms with Gasteiger partial charge in [0, 0.05) is 30.1 Å².